The topological polar surface area (TPSA) is 116 Å². The van der Waals surface area contributed by atoms with Crippen LogP contribution in [0.1, 0.15) is 43.2 Å². The number of nitrogens with one attached hydrogen (secondary N) is 1. The third kappa shape index (κ3) is 5.90. The van der Waals surface area contributed by atoms with Crippen LogP contribution in [-0.2, 0) is 14.3 Å². The standard InChI is InChI=1S/C25H30N2O6/c1-2-3-12-22(24(31)27(13-14-28)15-23(29)30)26-25(32)33-16-21-19-10-6-4-8-17(19)18-9-5-7-11-20(18)21/h4-11,21-22,28H,2-3,12-16H2,1H3,(H,26,32)(H,29,30). The fourth-order valence-electron chi connectivity index (χ4n) is 4.22. The molecule has 0 heterocycles. The van der Waals surface area contributed by atoms with Crippen molar-refractivity contribution in [2.75, 3.05) is 26.3 Å². The van der Waals surface area contributed by atoms with Crippen molar-refractivity contribution in [1.29, 1.82) is 0 Å². The summed E-state index contributed by atoms with van der Waals surface area (Å²) in [5.74, 6) is -1.84. The predicted octanol–water partition coefficient (Wildman–Crippen LogP) is 2.99. The van der Waals surface area contributed by atoms with Crippen molar-refractivity contribution < 1.29 is 29.3 Å². The summed E-state index contributed by atoms with van der Waals surface area (Å²) in [5, 5.41) is 20.9. The molecule has 1 unspecified atom stereocenters. The van der Waals surface area contributed by atoms with Crippen LogP contribution in [0.4, 0.5) is 4.79 Å². The van der Waals surface area contributed by atoms with Gasteiger partial charge in [0, 0.05) is 12.5 Å². The van der Waals surface area contributed by atoms with Crippen LogP contribution in [0.25, 0.3) is 11.1 Å². The Kier molecular flexibility index (Phi) is 8.43. The van der Waals surface area contributed by atoms with Gasteiger partial charge in [0.05, 0.1) is 6.61 Å². The largest absolute Gasteiger partial charge is 0.480 e. The molecule has 2 aromatic carbocycles. The molecule has 2 amide bonds. The van der Waals surface area contributed by atoms with Gasteiger partial charge >= 0.3 is 12.1 Å². The third-order valence-electron chi connectivity index (χ3n) is 5.79. The number of amides is 2. The van der Waals surface area contributed by atoms with Crippen LogP contribution >= 0.6 is 0 Å². The molecular weight excluding hydrogens is 424 g/mol. The molecule has 8 nitrogen and oxygen atoms in total. The van der Waals surface area contributed by atoms with E-state index in [1.54, 1.807) is 0 Å². The number of carbonyl (C=O) groups is 3. The van der Waals surface area contributed by atoms with E-state index in [2.05, 4.69) is 5.32 Å². The molecule has 0 aliphatic heterocycles. The zero-order chi connectivity index (χ0) is 23.8. The minimum absolute atomic E-state index is 0.106. The van der Waals surface area contributed by atoms with Gasteiger partial charge in [-0.05, 0) is 28.7 Å². The number of nitrogens with zero attached hydrogens (tertiary/aromatic N) is 1. The fraction of sp³-hybridized carbons (Fsp3) is 0.400. The Balaban J connectivity index is 1.68. The molecule has 0 aromatic heterocycles. The summed E-state index contributed by atoms with van der Waals surface area (Å²) in [5.41, 5.74) is 4.40. The first-order valence-corrected chi connectivity index (χ1v) is 11.2. The van der Waals surface area contributed by atoms with Crippen LogP contribution in [-0.4, -0.2) is 65.4 Å². The maximum Gasteiger partial charge on any atom is 0.407 e. The van der Waals surface area contributed by atoms with Gasteiger partial charge in [0.2, 0.25) is 5.91 Å². The first-order chi connectivity index (χ1) is 16.0. The Hall–Kier alpha value is -3.39. The zero-order valence-corrected chi connectivity index (χ0v) is 18.7. The summed E-state index contributed by atoms with van der Waals surface area (Å²) >= 11 is 0. The van der Waals surface area contributed by atoms with Crippen LogP contribution in [0.5, 0.6) is 0 Å². The molecule has 176 valence electrons. The lowest BCUT2D eigenvalue weighted by Gasteiger charge is -2.26. The van der Waals surface area contributed by atoms with Crippen molar-refractivity contribution in [3.05, 3.63) is 59.7 Å². The second-order valence-electron chi connectivity index (χ2n) is 8.04. The second-order valence-corrected chi connectivity index (χ2v) is 8.04. The summed E-state index contributed by atoms with van der Waals surface area (Å²) < 4.78 is 5.53. The van der Waals surface area contributed by atoms with Crippen molar-refractivity contribution >= 4 is 18.0 Å². The van der Waals surface area contributed by atoms with E-state index in [-0.39, 0.29) is 25.7 Å². The SMILES string of the molecule is CCCCC(NC(=O)OCC1c2ccccc2-c2ccccc21)C(=O)N(CCO)CC(=O)O. The maximum atomic E-state index is 12.9. The number of benzene rings is 2. The summed E-state index contributed by atoms with van der Waals surface area (Å²) in [6.45, 7) is 1.03. The molecule has 0 fully saturated rings. The number of rotatable bonds is 11. The van der Waals surface area contributed by atoms with Crippen molar-refractivity contribution in [3.63, 3.8) is 0 Å². The maximum absolute atomic E-state index is 12.9. The van der Waals surface area contributed by atoms with E-state index in [0.717, 1.165) is 33.6 Å². The molecule has 1 aliphatic rings. The Labute approximate surface area is 193 Å². The van der Waals surface area contributed by atoms with Crippen molar-refractivity contribution in [2.45, 2.75) is 38.1 Å². The molecule has 2 aromatic rings. The molecule has 0 radical (unpaired) electrons. The molecule has 0 saturated heterocycles. The monoisotopic (exact) mass is 454 g/mol. The van der Waals surface area contributed by atoms with Crippen molar-refractivity contribution in [2.24, 2.45) is 0 Å². The molecule has 8 heteroatoms. The van der Waals surface area contributed by atoms with E-state index in [1.807, 2.05) is 55.5 Å². The molecular formula is C25H30N2O6. The Bertz CT molecular complexity index is 947. The normalized spacial score (nSPS) is 13.0. The van der Waals surface area contributed by atoms with E-state index in [1.165, 1.54) is 0 Å². The number of aliphatic hydroxyl groups is 1. The van der Waals surface area contributed by atoms with Crippen LogP contribution in [0, 0.1) is 0 Å². The number of alkyl carbamates (subject to hydrolysis) is 1. The smallest absolute Gasteiger partial charge is 0.407 e. The number of aliphatic carboxylic acids is 1. The van der Waals surface area contributed by atoms with Gasteiger partial charge < -0.3 is 25.2 Å². The van der Waals surface area contributed by atoms with E-state index in [9.17, 15) is 19.5 Å². The van der Waals surface area contributed by atoms with Gasteiger partial charge in [-0.1, -0.05) is 68.3 Å². The van der Waals surface area contributed by atoms with E-state index < -0.39 is 30.6 Å². The van der Waals surface area contributed by atoms with Crippen LogP contribution < -0.4 is 5.32 Å². The zero-order valence-electron chi connectivity index (χ0n) is 18.7. The van der Waals surface area contributed by atoms with E-state index in [4.69, 9.17) is 9.84 Å². The highest BCUT2D eigenvalue weighted by Gasteiger charge is 2.31. The van der Waals surface area contributed by atoms with Gasteiger partial charge in [0.15, 0.2) is 0 Å². The predicted molar refractivity (Wildman–Crippen MR) is 123 cm³/mol. The van der Waals surface area contributed by atoms with E-state index in [0.29, 0.717) is 12.8 Å². The van der Waals surface area contributed by atoms with Gasteiger partial charge in [-0.2, -0.15) is 0 Å². The number of fused-ring (bicyclic) bond motifs is 3. The minimum Gasteiger partial charge on any atom is -0.480 e. The third-order valence-corrected chi connectivity index (χ3v) is 5.79. The lowest BCUT2D eigenvalue weighted by atomic mass is 9.98. The van der Waals surface area contributed by atoms with Gasteiger partial charge in [-0.25, -0.2) is 4.79 Å². The van der Waals surface area contributed by atoms with Crippen LogP contribution in [0.15, 0.2) is 48.5 Å². The van der Waals surface area contributed by atoms with Gasteiger partial charge in [0.1, 0.15) is 19.2 Å². The summed E-state index contributed by atoms with van der Waals surface area (Å²) in [6.07, 6.45) is 1.08. The van der Waals surface area contributed by atoms with Crippen LogP contribution in [0.3, 0.4) is 0 Å². The molecule has 1 atom stereocenters. The highest BCUT2D eigenvalue weighted by Crippen LogP contribution is 2.44. The Morgan fingerprint density at radius 1 is 1.06 bits per heavy atom. The molecule has 0 spiro atoms. The Morgan fingerprint density at radius 3 is 2.21 bits per heavy atom. The number of hydrogen-bond donors (Lipinski definition) is 3. The summed E-state index contributed by atoms with van der Waals surface area (Å²) in [7, 11) is 0. The molecule has 0 bridgehead atoms. The summed E-state index contributed by atoms with van der Waals surface area (Å²) in [4.78, 5) is 37.7. The average molecular weight is 455 g/mol. The summed E-state index contributed by atoms with van der Waals surface area (Å²) in [6, 6.07) is 15.1. The number of hydrogen-bond acceptors (Lipinski definition) is 5. The number of carbonyl (C=O) groups excluding carboxylic acids is 2. The van der Waals surface area contributed by atoms with Crippen LogP contribution in [0.2, 0.25) is 0 Å². The van der Waals surface area contributed by atoms with Gasteiger partial charge in [-0.15, -0.1) is 0 Å². The first-order valence-electron chi connectivity index (χ1n) is 11.2. The van der Waals surface area contributed by atoms with Crippen molar-refractivity contribution in [1.82, 2.24) is 10.2 Å². The average Bonchev–Trinajstić information content (AvgIpc) is 3.13. The lowest BCUT2D eigenvalue weighted by Crippen LogP contribution is -2.50. The highest BCUT2D eigenvalue weighted by molar-refractivity contribution is 5.88. The molecule has 3 N–H and O–H groups in total. The fourth-order valence-corrected chi connectivity index (χ4v) is 4.22. The molecule has 1 aliphatic carbocycles. The number of ether oxygens (including phenoxy) is 1. The quantitative estimate of drug-likeness (QED) is 0.481. The number of carboxylic acid groups (broad SMARTS) is 1. The highest BCUT2D eigenvalue weighted by atomic mass is 16.5. The first kappa shape index (κ1) is 24.3. The number of aliphatic hydroxyl groups excluding tert-OH is 1. The molecule has 3 rings (SSSR count). The molecule has 0 saturated carbocycles. The Morgan fingerprint density at radius 2 is 1.67 bits per heavy atom. The lowest BCUT2D eigenvalue weighted by molar-refractivity contribution is -0.145. The van der Waals surface area contributed by atoms with Gasteiger partial charge in [0.25, 0.3) is 0 Å². The second kappa shape index (κ2) is 11.5. The number of carboxylic acids is 1. The van der Waals surface area contributed by atoms with Crippen molar-refractivity contribution in [3.8, 4) is 11.1 Å². The molecule has 33 heavy (non-hydrogen) atoms. The van der Waals surface area contributed by atoms with E-state index >= 15 is 0 Å². The number of unbranched alkanes of at least 4 members (excludes halogenated alkanes) is 1. The van der Waals surface area contributed by atoms with Gasteiger partial charge in [-0.3, -0.25) is 9.59 Å². The minimum atomic E-state index is -1.19.